The van der Waals surface area contributed by atoms with E-state index in [1.54, 1.807) is 13.8 Å². The van der Waals surface area contributed by atoms with Gasteiger partial charge in [0.1, 0.15) is 0 Å². The predicted octanol–water partition coefficient (Wildman–Crippen LogP) is 1.09. The van der Waals surface area contributed by atoms with Crippen LogP contribution in [0.3, 0.4) is 0 Å². The van der Waals surface area contributed by atoms with Gasteiger partial charge in [0.25, 0.3) is 0 Å². The zero-order chi connectivity index (χ0) is 68.8. The molecule has 390 valence electrons. The molecule has 0 aliphatic heterocycles. The molecule has 0 spiro atoms. The molecule has 0 atom stereocenters. The maximum absolute atomic E-state index is 8.19. The van der Waals surface area contributed by atoms with Gasteiger partial charge in [-0.1, -0.05) is 11.8 Å². The summed E-state index contributed by atoms with van der Waals surface area (Å²) in [5.41, 5.74) is 0. The topological polar surface area (TPSA) is 34.1 Å². The first-order valence-corrected chi connectivity index (χ1v) is 24.0. The third-order valence-electron chi connectivity index (χ3n) is 5.38. The van der Waals surface area contributed by atoms with Crippen molar-refractivity contribution in [3.05, 3.63) is 12.8 Å². The molecule has 4 heteroatoms. The SMILES string of the molecule is [C-]#CC#CC#CC#CC#CC#CC#CC.[C-]#CC#CC#CC#CC#CC#CC#CC#CC#CC#CC#CC#CC#CC#CC#CC#CC#CC#CC#CC#CC#CC#CC#CC#CC#CC#CC#CC#CC#CC#CC#CC#CC#CC#CC#CC#CC#CC.[O]=[V].[O]=[V]. The number of hydrogen-bond donors (Lipinski definition) is 0. The number of hydrogen-bond acceptors (Lipinski definition) is 2. The molecule has 0 saturated heterocycles. The second-order valence-corrected chi connectivity index (χ2v) is 11.0. The van der Waals surface area contributed by atoms with Crippen molar-refractivity contribution < 1.29 is 42.1 Å². The first kappa shape index (κ1) is 81.9. The Labute approximate surface area is 573 Å². The van der Waals surface area contributed by atoms with Crippen molar-refractivity contribution in [1.82, 2.24) is 0 Å². The fourth-order valence-corrected chi connectivity index (χ4v) is 2.62. The maximum atomic E-state index is 8.19. The van der Waals surface area contributed by atoms with E-state index >= 15 is 0 Å². The molecule has 0 aromatic carbocycles. The molecule has 0 bridgehead atoms. The first-order chi connectivity index (χ1) is 46.8. The molecule has 0 aliphatic carbocycles. The minimum absolute atomic E-state index is 1.06. The van der Waals surface area contributed by atoms with E-state index in [0.29, 0.717) is 0 Å². The molecule has 0 aromatic heterocycles. The van der Waals surface area contributed by atoms with Gasteiger partial charge in [0.15, 0.2) is 0 Å². The van der Waals surface area contributed by atoms with Crippen LogP contribution in [0.4, 0.5) is 0 Å². The second kappa shape index (κ2) is 88.2. The molecule has 0 amide bonds. The molecule has 0 heterocycles. The third kappa shape index (κ3) is 90.0. The molecule has 2 nitrogen and oxygen atoms in total. The summed E-state index contributed by atoms with van der Waals surface area (Å²) < 4.78 is 16.4. The normalized spacial score (nSPS) is 3.81. The molecule has 0 N–H and O–H groups in total. The van der Waals surface area contributed by atoms with Gasteiger partial charge in [0.05, 0.1) is 0 Å². The zero-order valence-electron chi connectivity index (χ0n) is 47.7. The van der Waals surface area contributed by atoms with Gasteiger partial charge in [-0.2, -0.15) is 0 Å². The van der Waals surface area contributed by atoms with E-state index in [1.165, 1.54) is 0 Å². The van der Waals surface area contributed by atoms with E-state index in [2.05, 4.69) is 497 Å². The van der Waals surface area contributed by atoms with Crippen molar-refractivity contribution in [3.63, 3.8) is 0 Å². The summed E-state index contributed by atoms with van der Waals surface area (Å²) in [5, 5.41) is 0. The minimum atomic E-state index is 1.06. The summed E-state index contributed by atoms with van der Waals surface area (Å²) in [6, 6.07) is 0. The van der Waals surface area contributed by atoms with E-state index in [-0.39, 0.29) is 0 Å². The van der Waals surface area contributed by atoms with Crippen LogP contribution in [0.1, 0.15) is 13.8 Å². The third-order valence-corrected chi connectivity index (χ3v) is 5.38. The van der Waals surface area contributed by atoms with Crippen molar-refractivity contribution in [2.45, 2.75) is 13.8 Å². The second-order valence-electron chi connectivity index (χ2n) is 11.0. The first-order valence-electron chi connectivity index (χ1n) is 22.9. The molecule has 0 aliphatic rings. The molecule has 0 fully saturated rings. The molecule has 0 saturated carbocycles. The van der Waals surface area contributed by atoms with Crippen LogP contribution < -0.4 is 0 Å². The Kier molecular flexibility index (Phi) is 76.9. The van der Waals surface area contributed by atoms with Crippen LogP contribution in [0.25, 0.3) is 0 Å². The van der Waals surface area contributed by atoms with Gasteiger partial charge in [0, 0.05) is 314 Å². The van der Waals surface area contributed by atoms with Crippen LogP contribution >= 0.6 is 0 Å². The van der Waals surface area contributed by atoms with Crippen LogP contribution in [0, 0.1) is 522 Å². The molecule has 94 heavy (non-hydrogen) atoms. The van der Waals surface area contributed by atoms with Gasteiger partial charge >= 0.3 is 42.1 Å². The Bertz CT molecular complexity index is 6160. The summed E-state index contributed by atoms with van der Waals surface area (Å²) in [5.74, 6) is 213. The van der Waals surface area contributed by atoms with E-state index < -0.39 is 0 Å². The van der Waals surface area contributed by atoms with Crippen LogP contribution in [0.15, 0.2) is 0 Å². The van der Waals surface area contributed by atoms with Gasteiger partial charge in [-0.05, 0) is 162 Å². The monoisotopic (exact) mass is 1220 g/mol. The van der Waals surface area contributed by atoms with E-state index in [4.69, 9.17) is 20.2 Å². The molecule has 0 rings (SSSR count). The van der Waals surface area contributed by atoms with Crippen molar-refractivity contribution in [1.29, 1.82) is 0 Å². The summed E-state index contributed by atoms with van der Waals surface area (Å²) in [4.78, 5) is 0. The summed E-state index contributed by atoms with van der Waals surface area (Å²) in [6.07, 6.45) is 13.0. The van der Waals surface area contributed by atoms with Crippen LogP contribution in [-0.2, 0) is 42.1 Å². The van der Waals surface area contributed by atoms with Crippen LogP contribution in [-0.4, -0.2) is 0 Å². The molecule has 0 unspecified atom stereocenters. The average Bonchev–Trinajstić information content (AvgIpc) is 3.62. The van der Waals surface area contributed by atoms with Crippen LogP contribution in [0.2, 0.25) is 0 Å². The quantitative estimate of drug-likeness (QED) is 0.270. The standard InChI is InChI=1S/C75H3.C15H3.2O.2V/c1-3-5-7-9-11-13-15-17-19-21-23-25-27-29-31-33-35-37-39-41-43-45-47-49-51-53-55-57-59-61-63-65-67-69-71-73-75-74-72-70-68-66-64-62-60-58-56-54-52-50-48-46-44-42-40-38-36-34-32-30-28-26-24-22-20-18-16-14-12-10-8-6-4-2;1-3-5-7-9-11-13-15-14-12-10-8-6-4-2;;;;/h1H3;1H3;;;;/q2*-1;;;;. The molecular formula is C90H6O2V2-2. The predicted molar refractivity (Wildman–Crippen MR) is 354 cm³/mol. The van der Waals surface area contributed by atoms with Gasteiger partial charge in [0.2, 0.25) is 0 Å². The van der Waals surface area contributed by atoms with Gasteiger partial charge in [-0.25, -0.2) is 11.8 Å². The molecular weight excluding hydrogens is 1210 g/mol. The average molecular weight is 1220 g/mol. The summed E-state index contributed by atoms with van der Waals surface area (Å²) in [6.45, 7) is 3.38. The molecule has 0 aromatic rings. The van der Waals surface area contributed by atoms with Crippen molar-refractivity contribution >= 4 is 0 Å². The van der Waals surface area contributed by atoms with E-state index in [1.807, 2.05) is 11.8 Å². The Hall–Kier alpha value is -18.6. The fraction of sp³-hybridized carbons (Fsp3) is 0.0222. The summed E-state index contributed by atoms with van der Waals surface area (Å²) in [7, 11) is 0. The van der Waals surface area contributed by atoms with E-state index in [9.17, 15) is 0 Å². The van der Waals surface area contributed by atoms with Gasteiger partial charge < -0.3 is 12.8 Å². The van der Waals surface area contributed by atoms with Crippen molar-refractivity contribution in [2.24, 2.45) is 0 Å². The van der Waals surface area contributed by atoms with Crippen LogP contribution in [0.5, 0.6) is 0 Å². The van der Waals surface area contributed by atoms with Gasteiger partial charge in [-0.3, -0.25) is 11.8 Å². The number of rotatable bonds is 0. The Morgan fingerprint density at radius 3 is 0.223 bits per heavy atom. The zero-order valence-corrected chi connectivity index (χ0v) is 50.5. The van der Waals surface area contributed by atoms with Crippen molar-refractivity contribution in [2.75, 3.05) is 0 Å². The Balaban J connectivity index is -0.00000184. The van der Waals surface area contributed by atoms with Crippen molar-refractivity contribution in [3.8, 4) is 509 Å². The van der Waals surface area contributed by atoms with E-state index in [0.717, 1.165) is 34.7 Å². The Morgan fingerprint density at radius 1 is 0.117 bits per heavy atom. The summed E-state index contributed by atoms with van der Waals surface area (Å²) >= 11 is 2.12. The Morgan fingerprint density at radius 2 is 0.170 bits per heavy atom. The molecule has 0 radical (unpaired) electrons. The fourth-order valence-electron chi connectivity index (χ4n) is 2.62. The van der Waals surface area contributed by atoms with Gasteiger partial charge in [-0.15, -0.1) is 11.8 Å².